The number of nitrogens with zero attached hydrogens (tertiary/aromatic N) is 5. The van der Waals surface area contributed by atoms with Gasteiger partial charge in [-0.1, -0.05) is 69.6 Å². The highest BCUT2D eigenvalue weighted by atomic mass is 35.5. The Hall–Kier alpha value is -5.42. The SMILES string of the molecule is CC(C)c1ccc(NC(=O)N2CCCN(C(=O)c3cccc(Cl)c3)CC2)cc1.CC(C)c1ccc(NC(=O)N2CCCN(C(=O)c3ccncc3)CC2)cc1. The van der Waals surface area contributed by atoms with E-state index in [0.29, 0.717) is 80.3 Å². The number of hydrogen-bond donors (Lipinski definition) is 2. The molecule has 2 aliphatic heterocycles. The average molecular weight is 766 g/mol. The Morgan fingerprint density at radius 2 is 0.964 bits per heavy atom. The summed E-state index contributed by atoms with van der Waals surface area (Å²) in [6.07, 6.45) is 4.74. The molecule has 0 saturated carbocycles. The van der Waals surface area contributed by atoms with Crippen LogP contribution in [0.5, 0.6) is 0 Å². The summed E-state index contributed by atoms with van der Waals surface area (Å²) in [5.74, 6) is 0.862. The van der Waals surface area contributed by atoms with Crippen molar-refractivity contribution in [3.8, 4) is 0 Å². The molecule has 11 nitrogen and oxygen atoms in total. The van der Waals surface area contributed by atoms with Crippen LogP contribution in [-0.2, 0) is 0 Å². The summed E-state index contributed by atoms with van der Waals surface area (Å²) in [6, 6.07) is 26.0. The molecule has 0 spiro atoms. The van der Waals surface area contributed by atoms with Crippen LogP contribution in [0, 0.1) is 0 Å². The Balaban J connectivity index is 0.000000211. The Morgan fingerprint density at radius 3 is 1.40 bits per heavy atom. The van der Waals surface area contributed by atoms with Crippen molar-refractivity contribution in [2.45, 2.75) is 52.4 Å². The second-order valence-electron chi connectivity index (χ2n) is 14.4. The molecule has 0 aliphatic carbocycles. The van der Waals surface area contributed by atoms with Crippen LogP contribution in [0.15, 0.2) is 97.3 Å². The molecule has 2 fully saturated rings. The van der Waals surface area contributed by atoms with E-state index in [-0.39, 0.29) is 23.9 Å². The maximum Gasteiger partial charge on any atom is 0.321 e. The number of hydrogen-bond acceptors (Lipinski definition) is 5. The number of anilines is 2. The van der Waals surface area contributed by atoms with Crippen molar-refractivity contribution in [1.82, 2.24) is 24.6 Å². The molecule has 3 heterocycles. The third-order valence-corrected chi connectivity index (χ3v) is 10.0. The Bertz CT molecular complexity index is 1890. The summed E-state index contributed by atoms with van der Waals surface area (Å²) in [5.41, 5.74) is 5.27. The highest BCUT2D eigenvalue weighted by molar-refractivity contribution is 6.31. The lowest BCUT2D eigenvalue weighted by Gasteiger charge is -2.22. The Labute approximate surface area is 329 Å². The number of urea groups is 2. The van der Waals surface area contributed by atoms with Gasteiger partial charge in [-0.15, -0.1) is 0 Å². The monoisotopic (exact) mass is 765 g/mol. The van der Waals surface area contributed by atoms with Crippen molar-refractivity contribution >= 4 is 46.9 Å². The molecular formula is C43H52ClN7O4. The van der Waals surface area contributed by atoms with E-state index in [4.69, 9.17) is 11.6 Å². The van der Waals surface area contributed by atoms with Gasteiger partial charge in [0.05, 0.1) is 0 Å². The fourth-order valence-electron chi connectivity index (χ4n) is 6.44. The predicted octanol–water partition coefficient (Wildman–Crippen LogP) is 8.43. The second-order valence-corrected chi connectivity index (χ2v) is 14.9. The molecule has 290 valence electrons. The summed E-state index contributed by atoms with van der Waals surface area (Å²) in [4.78, 5) is 61.6. The fraction of sp³-hybridized carbons (Fsp3) is 0.372. The normalized spacial score (nSPS) is 14.7. The van der Waals surface area contributed by atoms with E-state index in [1.807, 2.05) is 48.5 Å². The van der Waals surface area contributed by atoms with Crippen LogP contribution in [-0.4, -0.2) is 101 Å². The van der Waals surface area contributed by atoms with Crippen LogP contribution < -0.4 is 10.6 Å². The van der Waals surface area contributed by atoms with Crippen molar-refractivity contribution in [2.24, 2.45) is 0 Å². The molecule has 0 radical (unpaired) electrons. The molecule has 12 heteroatoms. The summed E-state index contributed by atoms with van der Waals surface area (Å²) in [5, 5.41) is 6.46. The van der Waals surface area contributed by atoms with Crippen molar-refractivity contribution in [1.29, 1.82) is 0 Å². The van der Waals surface area contributed by atoms with E-state index < -0.39 is 0 Å². The van der Waals surface area contributed by atoms with E-state index in [0.717, 1.165) is 24.2 Å². The molecule has 0 bridgehead atoms. The smallest absolute Gasteiger partial charge is 0.321 e. The first-order chi connectivity index (χ1) is 26.5. The van der Waals surface area contributed by atoms with E-state index >= 15 is 0 Å². The first-order valence-corrected chi connectivity index (χ1v) is 19.4. The van der Waals surface area contributed by atoms with Gasteiger partial charge in [-0.25, -0.2) is 9.59 Å². The van der Waals surface area contributed by atoms with Crippen molar-refractivity contribution in [3.05, 3.63) is 125 Å². The molecule has 0 atom stereocenters. The Morgan fingerprint density at radius 1 is 0.545 bits per heavy atom. The van der Waals surface area contributed by atoms with Crippen LogP contribution in [0.2, 0.25) is 5.02 Å². The van der Waals surface area contributed by atoms with Gasteiger partial charge in [-0.05, 0) is 90.4 Å². The highest BCUT2D eigenvalue weighted by Crippen LogP contribution is 2.20. The van der Waals surface area contributed by atoms with Crippen LogP contribution in [0.3, 0.4) is 0 Å². The van der Waals surface area contributed by atoms with Crippen LogP contribution in [0.25, 0.3) is 0 Å². The van der Waals surface area contributed by atoms with Gasteiger partial charge >= 0.3 is 12.1 Å². The molecule has 6 amide bonds. The number of amides is 6. The molecular weight excluding hydrogens is 714 g/mol. The minimum absolute atomic E-state index is 0.0102. The van der Waals surface area contributed by atoms with E-state index in [1.54, 1.807) is 68.4 Å². The van der Waals surface area contributed by atoms with Crippen LogP contribution in [0.1, 0.15) is 84.2 Å². The molecule has 2 aliphatic rings. The van der Waals surface area contributed by atoms with E-state index in [2.05, 4.69) is 43.3 Å². The van der Waals surface area contributed by atoms with Gasteiger partial charge < -0.3 is 30.2 Å². The highest BCUT2D eigenvalue weighted by Gasteiger charge is 2.24. The maximum atomic E-state index is 12.7. The van der Waals surface area contributed by atoms with Crippen LogP contribution in [0.4, 0.5) is 21.0 Å². The summed E-state index contributed by atoms with van der Waals surface area (Å²) >= 11 is 6.00. The zero-order valence-corrected chi connectivity index (χ0v) is 33.0. The van der Waals surface area contributed by atoms with Crippen molar-refractivity contribution in [3.63, 3.8) is 0 Å². The number of benzene rings is 3. The first-order valence-electron chi connectivity index (χ1n) is 19.0. The molecule has 3 aromatic carbocycles. The van der Waals surface area contributed by atoms with Gasteiger partial charge in [0, 0.05) is 92.3 Å². The number of nitrogens with one attached hydrogen (secondary N) is 2. The zero-order chi connectivity index (χ0) is 39.3. The molecule has 4 aromatic rings. The quantitative estimate of drug-likeness (QED) is 0.204. The van der Waals surface area contributed by atoms with Gasteiger partial charge in [0.2, 0.25) is 0 Å². The standard InChI is InChI=1S/C22H26ClN3O2.C21H26N4O2/c1-16(2)17-7-9-20(10-8-17)24-22(28)26-12-4-11-25(13-14-26)21(27)18-5-3-6-19(23)15-18;1-16(2)17-4-6-19(7-5-17)23-21(27)25-13-3-12-24(14-15-25)20(26)18-8-10-22-11-9-18/h3,5-10,15-16H,4,11-14H2,1-2H3,(H,24,28);4-11,16H,3,12-15H2,1-2H3,(H,23,27). The number of aromatic nitrogens is 1. The number of carbonyl (C=O) groups is 4. The average Bonchev–Trinajstić information content (AvgIpc) is 3.61. The fourth-order valence-corrected chi connectivity index (χ4v) is 6.63. The number of rotatable bonds is 6. The molecule has 55 heavy (non-hydrogen) atoms. The maximum absolute atomic E-state index is 12.7. The van der Waals surface area contributed by atoms with Gasteiger partial charge in [0.1, 0.15) is 0 Å². The summed E-state index contributed by atoms with van der Waals surface area (Å²) in [7, 11) is 0. The van der Waals surface area contributed by atoms with E-state index in [9.17, 15) is 19.2 Å². The first kappa shape index (κ1) is 40.8. The van der Waals surface area contributed by atoms with Crippen LogP contribution >= 0.6 is 11.6 Å². The third kappa shape index (κ3) is 11.8. The van der Waals surface area contributed by atoms with Crippen molar-refractivity contribution < 1.29 is 19.2 Å². The second kappa shape index (κ2) is 19.8. The lowest BCUT2D eigenvalue weighted by atomic mass is 10.0. The van der Waals surface area contributed by atoms with Gasteiger partial charge in [0.25, 0.3) is 11.8 Å². The summed E-state index contributed by atoms with van der Waals surface area (Å²) < 4.78 is 0. The predicted molar refractivity (Wildman–Crippen MR) is 219 cm³/mol. The van der Waals surface area contributed by atoms with Crippen molar-refractivity contribution in [2.75, 3.05) is 63.0 Å². The molecule has 6 rings (SSSR count). The zero-order valence-electron chi connectivity index (χ0n) is 32.2. The third-order valence-electron chi connectivity index (χ3n) is 9.80. The summed E-state index contributed by atoms with van der Waals surface area (Å²) in [6.45, 7) is 13.1. The topological polar surface area (TPSA) is 118 Å². The molecule has 0 unspecified atom stereocenters. The number of carbonyl (C=O) groups excluding carboxylic acids is 4. The minimum atomic E-state index is -0.130. The van der Waals surface area contributed by atoms with Gasteiger partial charge in [0.15, 0.2) is 0 Å². The van der Waals surface area contributed by atoms with Gasteiger partial charge in [-0.2, -0.15) is 0 Å². The molecule has 2 saturated heterocycles. The number of pyridine rings is 1. The lowest BCUT2D eigenvalue weighted by Crippen LogP contribution is -2.39. The minimum Gasteiger partial charge on any atom is -0.337 e. The Kier molecular flexibility index (Phi) is 14.7. The van der Waals surface area contributed by atoms with E-state index in [1.165, 1.54) is 11.1 Å². The largest absolute Gasteiger partial charge is 0.337 e. The molecule has 1 aromatic heterocycles. The molecule has 2 N–H and O–H groups in total. The van der Waals surface area contributed by atoms with Gasteiger partial charge in [-0.3, -0.25) is 14.6 Å². The number of halogens is 1. The lowest BCUT2D eigenvalue weighted by molar-refractivity contribution is 0.0755.